The number of anilines is 1. The van der Waals surface area contributed by atoms with Crippen molar-refractivity contribution in [2.75, 3.05) is 24.6 Å². The molecule has 1 spiro atoms. The number of halogens is 1. The van der Waals surface area contributed by atoms with E-state index in [0.29, 0.717) is 16.6 Å². The third kappa shape index (κ3) is 4.17. The fourth-order valence-electron chi connectivity index (χ4n) is 4.66. The highest BCUT2D eigenvalue weighted by atomic mass is 35.5. The first-order valence-electron chi connectivity index (χ1n) is 11.1. The van der Waals surface area contributed by atoms with Crippen LogP contribution in [-0.4, -0.2) is 45.2 Å². The molecular formula is C23H26ClN5O3. The summed E-state index contributed by atoms with van der Waals surface area (Å²) >= 11 is 5.89. The molecule has 0 atom stereocenters. The first-order chi connectivity index (χ1) is 15.5. The van der Waals surface area contributed by atoms with Crippen LogP contribution in [0.3, 0.4) is 0 Å². The number of hydrogen-bond acceptors (Lipinski definition) is 7. The molecule has 2 aliphatic heterocycles. The predicted molar refractivity (Wildman–Crippen MR) is 121 cm³/mol. The van der Waals surface area contributed by atoms with E-state index < -0.39 is 0 Å². The molecule has 168 valence electrons. The van der Waals surface area contributed by atoms with Crippen molar-refractivity contribution in [3.05, 3.63) is 57.4 Å². The Morgan fingerprint density at radius 2 is 2.00 bits per heavy atom. The van der Waals surface area contributed by atoms with Crippen LogP contribution >= 0.6 is 11.6 Å². The molecule has 2 aliphatic rings. The van der Waals surface area contributed by atoms with Gasteiger partial charge in [-0.05, 0) is 51.2 Å². The second-order valence-electron chi connectivity index (χ2n) is 8.62. The van der Waals surface area contributed by atoms with Crippen LogP contribution < -0.4 is 10.5 Å². The molecule has 2 fully saturated rings. The monoisotopic (exact) mass is 455 g/mol. The SMILES string of the molecule is Cc1onc(-c2ccc(Cl)nc2)c1Cn1ncc(N2CCC3(CCCCO3)CC2)cc1=O. The van der Waals surface area contributed by atoms with Crippen LogP contribution in [0, 0.1) is 6.92 Å². The summed E-state index contributed by atoms with van der Waals surface area (Å²) in [5, 5.41) is 9.01. The zero-order valence-electron chi connectivity index (χ0n) is 18.1. The van der Waals surface area contributed by atoms with Gasteiger partial charge in [-0.1, -0.05) is 16.8 Å². The van der Waals surface area contributed by atoms with Crippen LogP contribution in [0.2, 0.25) is 5.15 Å². The Morgan fingerprint density at radius 1 is 1.16 bits per heavy atom. The number of piperidine rings is 1. The van der Waals surface area contributed by atoms with Gasteiger partial charge in [-0.15, -0.1) is 0 Å². The average molecular weight is 456 g/mol. The van der Waals surface area contributed by atoms with E-state index in [1.54, 1.807) is 24.5 Å². The molecule has 5 rings (SSSR count). The van der Waals surface area contributed by atoms with Gasteiger partial charge in [0.15, 0.2) is 0 Å². The summed E-state index contributed by atoms with van der Waals surface area (Å²) in [4.78, 5) is 19.2. The lowest BCUT2D eigenvalue weighted by Crippen LogP contribution is -2.48. The lowest BCUT2D eigenvalue weighted by atomic mass is 9.84. The maximum Gasteiger partial charge on any atom is 0.269 e. The molecule has 32 heavy (non-hydrogen) atoms. The van der Waals surface area contributed by atoms with Crippen LogP contribution in [0.4, 0.5) is 5.69 Å². The summed E-state index contributed by atoms with van der Waals surface area (Å²) in [6, 6.07) is 5.19. The lowest BCUT2D eigenvalue weighted by molar-refractivity contribution is -0.0920. The Labute approximate surface area is 191 Å². The third-order valence-electron chi connectivity index (χ3n) is 6.62. The number of rotatable bonds is 4. The Balaban J connectivity index is 1.32. The van der Waals surface area contributed by atoms with Crippen molar-refractivity contribution in [3.8, 4) is 11.3 Å². The molecular weight excluding hydrogens is 430 g/mol. The van der Waals surface area contributed by atoms with Crippen molar-refractivity contribution >= 4 is 17.3 Å². The van der Waals surface area contributed by atoms with Crippen LogP contribution in [0.25, 0.3) is 11.3 Å². The Hall–Kier alpha value is -2.71. The molecule has 0 amide bonds. The van der Waals surface area contributed by atoms with E-state index in [4.69, 9.17) is 20.9 Å². The van der Waals surface area contributed by atoms with Gasteiger partial charge in [-0.25, -0.2) is 9.67 Å². The first kappa shape index (κ1) is 21.2. The minimum absolute atomic E-state index is 0.0376. The molecule has 3 aromatic rings. The quantitative estimate of drug-likeness (QED) is 0.552. The number of hydrogen-bond donors (Lipinski definition) is 0. The molecule has 0 saturated carbocycles. The summed E-state index contributed by atoms with van der Waals surface area (Å²) in [7, 11) is 0. The topological polar surface area (TPSA) is 86.3 Å². The maximum absolute atomic E-state index is 12.9. The molecule has 9 heteroatoms. The van der Waals surface area contributed by atoms with E-state index in [2.05, 4.69) is 20.1 Å². The van der Waals surface area contributed by atoms with Gasteiger partial charge in [0.25, 0.3) is 5.56 Å². The standard InChI is InChI=1S/C23H26ClN5O3/c1-16-19(22(27-32-16)17-4-5-20(24)25-13-17)15-29-21(30)12-18(14-26-29)28-9-7-23(8-10-28)6-2-3-11-31-23/h4-5,12-14H,2-3,6-11,15H2,1H3. The largest absolute Gasteiger partial charge is 0.375 e. The van der Waals surface area contributed by atoms with Crippen molar-refractivity contribution in [1.82, 2.24) is 19.9 Å². The Morgan fingerprint density at radius 3 is 2.69 bits per heavy atom. The predicted octanol–water partition coefficient (Wildman–Crippen LogP) is 3.84. The Kier molecular flexibility index (Phi) is 5.73. The number of ether oxygens (including phenoxy) is 1. The van der Waals surface area contributed by atoms with Crippen LogP contribution in [0.15, 0.2) is 39.9 Å². The van der Waals surface area contributed by atoms with E-state index in [1.807, 2.05) is 13.0 Å². The Bertz CT molecular complexity index is 1140. The van der Waals surface area contributed by atoms with E-state index >= 15 is 0 Å². The van der Waals surface area contributed by atoms with Gasteiger partial charge in [0.05, 0.1) is 24.0 Å². The molecule has 0 bridgehead atoms. The second-order valence-corrected chi connectivity index (χ2v) is 9.01. The molecule has 0 N–H and O–H groups in total. The summed E-state index contributed by atoms with van der Waals surface area (Å²) in [5.41, 5.74) is 2.95. The number of aryl methyl sites for hydroxylation is 1. The number of pyridine rings is 1. The van der Waals surface area contributed by atoms with Crippen molar-refractivity contribution in [3.63, 3.8) is 0 Å². The van der Waals surface area contributed by atoms with E-state index in [9.17, 15) is 4.79 Å². The third-order valence-corrected chi connectivity index (χ3v) is 6.85. The van der Waals surface area contributed by atoms with Gasteiger partial charge in [0.1, 0.15) is 16.6 Å². The van der Waals surface area contributed by atoms with Crippen molar-refractivity contribution in [2.24, 2.45) is 0 Å². The smallest absolute Gasteiger partial charge is 0.269 e. The molecule has 2 saturated heterocycles. The highest BCUT2D eigenvalue weighted by molar-refractivity contribution is 6.29. The van der Waals surface area contributed by atoms with E-state index in [-0.39, 0.29) is 17.7 Å². The number of nitrogens with zero attached hydrogens (tertiary/aromatic N) is 5. The van der Waals surface area contributed by atoms with Crippen molar-refractivity contribution in [2.45, 2.75) is 51.2 Å². The second kappa shape index (κ2) is 8.67. The maximum atomic E-state index is 12.9. The highest BCUT2D eigenvalue weighted by Crippen LogP contribution is 2.35. The van der Waals surface area contributed by atoms with Crippen LogP contribution in [0.1, 0.15) is 43.4 Å². The molecule has 5 heterocycles. The molecule has 0 unspecified atom stereocenters. The minimum atomic E-state index is -0.155. The van der Waals surface area contributed by atoms with E-state index in [1.165, 1.54) is 11.1 Å². The molecule has 0 aromatic carbocycles. The van der Waals surface area contributed by atoms with Gasteiger partial charge in [-0.2, -0.15) is 5.10 Å². The molecule has 3 aromatic heterocycles. The van der Waals surface area contributed by atoms with Crippen LogP contribution in [-0.2, 0) is 11.3 Å². The fraction of sp³-hybridized carbons (Fsp3) is 0.478. The van der Waals surface area contributed by atoms with Gasteiger partial charge in [0, 0.05) is 43.1 Å². The van der Waals surface area contributed by atoms with Gasteiger partial charge in [0.2, 0.25) is 0 Å². The normalized spacial score (nSPS) is 18.2. The zero-order chi connectivity index (χ0) is 22.1. The number of aromatic nitrogens is 4. The molecule has 0 aliphatic carbocycles. The lowest BCUT2D eigenvalue weighted by Gasteiger charge is -2.44. The highest BCUT2D eigenvalue weighted by Gasteiger charge is 2.37. The fourth-order valence-corrected chi connectivity index (χ4v) is 4.77. The average Bonchev–Trinajstić information content (AvgIpc) is 3.17. The molecule has 8 nitrogen and oxygen atoms in total. The summed E-state index contributed by atoms with van der Waals surface area (Å²) in [6.45, 7) is 4.72. The minimum Gasteiger partial charge on any atom is -0.375 e. The van der Waals surface area contributed by atoms with Crippen molar-refractivity contribution in [1.29, 1.82) is 0 Å². The van der Waals surface area contributed by atoms with Gasteiger partial charge >= 0.3 is 0 Å². The van der Waals surface area contributed by atoms with Gasteiger partial charge < -0.3 is 14.2 Å². The zero-order valence-corrected chi connectivity index (χ0v) is 18.8. The summed E-state index contributed by atoms with van der Waals surface area (Å²) in [5.74, 6) is 0.640. The van der Waals surface area contributed by atoms with Crippen LogP contribution in [0.5, 0.6) is 0 Å². The van der Waals surface area contributed by atoms with Gasteiger partial charge in [-0.3, -0.25) is 4.79 Å². The summed E-state index contributed by atoms with van der Waals surface area (Å²) in [6.07, 6.45) is 8.95. The summed E-state index contributed by atoms with van der Waals surface area (Å²) < 4.78 is 13.0. The van der Waals surface area contributed by atoms with E-state index in [0.717, 1.165) is 62.2 Å². The molecule has 0 radical (unpaired) electrons. The van der Waals surface area contributed by atoms with Crippen molar-refractivity contribution < 1.29 is 9.26 Å². The first-order valence-corrected chi connectivity index (χ1v) is 11.4.